The zero-order valence-electron chi connectivity index (χ0n) is 23.2. The summed E-state index contributed by atoms with van der Waals surface area (Å²) in [5.74, 6) is 4.73. The van der Waals surface area contributed by atoms with Gasteiger partial charge in [-0.25, -0.2) is 10.9 Å². The Labute approximate surface area is 232 Å². The number of carbonyl (C=O) groups is 2. The number of rotatable bonds is 21. The van der Waals surface area contributed by atoms with Crippen LogP contribution >= 0.6 is 0 Å². The zero-order chi connectivity index (χ0) is 28.3. The van der Waals surface area contributed by atoms with Crippen LogP contribution in [0.4, 0.5) is 0 Å². The standard InChI is InChI=1S/C29H46N6O4/c1-3-4-19-33-39-27(16-11-18-32-34-30)23(2)29(38)35(21-28(37)31-22-36)20-17-26(24-12-7-5-8-13-24)25-14-9-6-10-15-25/h5-10,12-15,22-23,26-28,32-34,37H,3-4,11,16-21,30H2,1-2H3,(H,31,36)/t23-,27?,28?/m1/s1. The Morgan fingerprint density at radius 2 is 1.67 bits per heavy atom. The molecule has 0 aliphatic carbocycles. The van der Waals surface area contributed by atoms with Crippen LogP contribution in [0, 0.1) is 5.92 Å². The molecule has 0 aromatic heterocycles. The third-order valence-electron chi connectivity index (χ3n) is 6.76. The van der Waals surface area contributed by atoms with Crippen LogP contribution in [0.5, 0.6) is 0 Å². The minimum absolute atomic E-state index is 0.0210. The number of hydrazine groups is 2. The molecule has 2 aromatic carbocycles. The summed E-state index contributed by atoms with van der Waals surface area (Å²) in [5, 5.41) is 12.7. The maximum Gasteiger partial charge on any atom is 0.228 e. The minimum atomic E-state index is -1.17. The maximum atomic E-state index is 13.8. The van der Waals surface area contributed by atoms with Gasteiger partial charge in [-0.1, -0.05) is 80.9 Å². The molecule has 0 radical (unpaired) electrons. The molecule has 216 valence electrons. The molecule has 2 unspecified atom stereocenters. The molecule has 7 N–H and O–H groups in total. The molecule has 2 aromatic rings. The normalized spacial score (nSPS) is 13.6. The van der Waals surface area contributed by atoms with E-state index in [2.05, 4.69) is 52.9 Å². The molecule has 10 heteroatoms. The second-order valence-corrected chi connectivity index (χ2v) is 9.65. The molecular formula is C29H46N6O4. The highest BCUT2D eigenvalue weighted by Crippen LogP contribution is 2.28. The summed E-state index contributed by atoms with van der Waals surface area (Å²) < 4.78 is 0. The first-order chi connectivity index (χ1) is 19.0. The molecular weight excluding hydrogens is 496 g/mol. The fourth-order valence-electron chi connectivity index (χ4n) is 4.55. The highest BCUT2D eigenvalue weighted by molar-refractivity contribution is 5.79. The molecule has 2 rings (SSSR count). The summed E-state index contributed by atoms with van der Waals surface area (Å²) in [4.78, 5) is 32.4. The molecule has 0 bridgehead atoms. The number of hydrogen-bond acceptors (Lipinski definition) is 8. The van der Waals surface area contributed by atoms with E-state index in [4.69, 9.17) is 10.7 Å². The number of nitrogens with zero attached hydrogens (tertiary/aromatic N) is 1. The Bertz CT molecular complexity index is 869. The Morgan fingerprint density at radius 1 is 1.03 bits per heavy atom. The van der Waals surface area contributed by atoms with Crippen LogP contribution in [-0.4, -0.2) is 60.8 Å². The van der Waals surface area contributed by atoms with Crippen molar-refractivity contribution in [3.63, 3.8) is 0 Å². The first kappa shape index (κ1) is 32.4. The molecule has 10 nitrogen and oxygen atoms in total. The summed E-state index contributed by atoms with van der Waals surface area (Å²) in [7, 11) is 0. The van der Waals surface area contributed by atoms with Crippen molar-refractivity contribution in [1.29, 1.82) is 0 Å². The molecule has 0 saturated carbocycles. The van der Waals surface area contributed by atoms with E-state index < -0.39 is 12.1 Å². The van der Waals surface area contributed by atoms with Crippen molar-refractivity contribution in [3.8, 4) is 0 Å². The van der Waals surface area contributed by atoms with Gasteiger partial charge >= 0.3 is 0 Å². The van der Waals surface area contributed by atoms with Crippen LogP contribution in [0.15, 0.2) is 60.7 Å². The topological polar surface area (TPSA) is 141 Å². The summed E-state index contributed by atoms with van der Waals surface area (Å²) >= 11 is 0. The van der Waals surface area contributed by atoms with Gasteiger partial charge in [-0.05, 0) is 36.8 Å². The van der Waals surface area contributed by atoms with Crippen molar-refractivity contribution in [2.75, 3.05) is 26.2 Å². The van der Waals surface area contributed by atoms with Crippen molar-refractivity contribution in [2.24, 2.45) is 11.8 Å². The number of unbranched alkanes of at least 4 members (excludes halogenated alkanes) is 1. The lowest BCUT2D eigenvalue weighted by molar-refractivity contribution is -0.146. The molecule has 0 heterocycles. The van der Waals surface area contributed by atoms with Gasteiger partial charge in [0.15, 0.2) is 0 Å². The van der Waals surface area contributed by atoms with Gasteiger partial charge in [-0.2, -0.15) is 5.53 Å². The van der Waals surface area contributed by atoms with Gasteiger partial charge in [0.05, 0.1) is 18.6 Å². The van der Waals surface area contributed by atoms with Gasteiger partial charge in [0.25, 0.3) is 0 Å². The summed E-state index contributed by atoms with van der Waals surface area (Å²) in [6.45, 7) is 5.63. The lowest BCUT2D eigenvalue weighted by Crippen LogP contribution is -2.48. The zero-order valence-corrected chi connectivity index (χ0v) is 23.2. The van der Waals surface area contributed by atoms with Gasteiger partial charge in [0.2, 0.25) is 12.3 Å². The summed E-state index contributed by atoms with van der Waals surface area (Å²) in [6.07, 6.45) is 2.88. The molecule has 2 amide bonds. The van der Waals surface area contributed by atoms with E-state index in [0.717, 1.165) is 30.4 Å². The van der Waals surface area contributed by atoms with Crippen molar-refractivity contribution < 1.29 is 19.5 Å². The Morgan fingerprint density at radius 3 is 2.23 bits per heavy atom. The maximum absolute atomic E-state index is 13.8. The van der Waals surface area contributed by atoms with Crippen molar-refractivity contribution in [2.45, 2.75) is 64.2 Å². The second-order valence-electron chi connectivity index (χ2n) is 9.65. The second kappa shape index (κ2) is 19.2. The van der Waals surface area contributed by atoms with Gasteiger partial charge in [0, 0.05) is 25.6 Å². The lowest BCUT2D eigenvalue weighted by Gasteiger charge is -2.32. The number of aliphatic hydroxyl groups excluding tert-OH is 1. The number of benzene rings is 2. The Hall–Kier alpha value is -2.86. The van der Waals surface area contributed by atoms with Crippen molar-refractivity contribution >= 4 is 12.3 Å². The quantitative estimate of drug-likeness (QED) is 0.0464. The van der Waals surface area contributed by atoms with Crippen LogP contribution in [0.2, 0.25) is 0 Å². The highest BCUT2D eigenvalue weighted by atomic mass is 16.7. The SMILES string of the molecule is CCCCNOC(CCCNNN)[C@@H](C)C(=O)N(CCC(c1ccccc1)c1ccccc1)CC(O)NC=O. The predicted octanol–water partition coefficient (Wildman–Crippen LogP) is 2.18. The van der Waals surface area contributed by atoms with E-state index in [1.807, 2.05) is 43.3 Å². The van der Waals surface area contributed by atoms with E-state index >= 15 is 0 Å². The average molecular weight is 543 g/mol. The van der Waals surface area contributed by atoms with Gasteiger partial charge in [-0.15, -0.1) is 0 Å². The van der Waals surface area contributed by atoms with Crippen LogP contribution in [0.25, 0.3) is 0 Å². The summed E-state index contributed by atoms with van der Waals surface area (Å²) in [6, 6.07) is 20.4. The third-order valence-corrected chi connectivity index (χ3v) is 6.76. The Balaban J connectivity index is 2.21. The molecule has 0 aliphatic heterocycles. The van der Waals surface area contributed by atoms with Crippen molar-refractivity contribution in [3.05, 3.63) is 71.8 Å². The molecule has 0 saturated heterocycles. The number of hydroxylamine groups is 1. The van der Waals surface area contributed by atoms with E-state index in [0.29, 0.717) is 38.9 Å². The van der Waals surface area contributed by atoms with Crippen LogP contribution < -0.4 is 27.6 Å². The number of carbonyl (C=O) groups excluding carboxylic acids is 2. The van der Waals surface area contributed by atoms with Crippen LogP contribution in [-0.2, 0) is 14.4 Å². The van der Waals surface area contributed by atoms with E-state index in [1.54, 1.807) is 4.90 Å². The number of nitrogens with one attached hydrogen (secondary N) is 4. The molecule has 0 fully saturated rings. The average Bonchev–Trinajstić information content (AvgIpc) is 2.96. The molecule has 0 spiro atoms. The molecule has 3 atom stereocenters. The number of nitrogens with two attached hydrogens (primary N) is 1. The third kappa shape index (κ3) is 11.8. The molecule has 0 aliphatic rings. The predicted molar refractivity (Wildman–Crippen MR) is 153 cm³/mol. The summed E-state index contributed by atoms with van der Waals surface area (Å²) in [5.41, 5.74) is 10.6. The fraction of sp³-hybridized carbons (Fsp3) is 0.517. The first-order valence-corrected chi connectivity index (χ1v) is 13.8. The van der Waals surface area contributed by atoms with E-state index in [1.165, 1.54) is 0 Å². The first-order valence-electron chi connectivity index (χ1n) is 13.8. The fourth-order valence-corrected chi connectivity index (χ4v) is 4.55. The van der Waals surface area contributed by atoms with Crippen LogP contribution in [0.3, 0.4) is 0 Å². The largest absolute Gasteiger partial charge is 0.372 e. The van der Waals surface area contributed by atoms with Gasteiger partial charge in [-0.3, -0.25) is 20.3 Å². The number of hydrogen-bond donors (Lipinski definition) is 6. The van der Waals surface area contributed by atoms with E-state index in [-0.39, 0.29) is 24.5 Å². The smallest absolute Gasteiger partial charge is 0.228 e. The molecule has 39 heavy (non-hydrogen) atoms. The lowest BCUT2D eigenvalue weighted by atomic mass is 9.88. The van der Waals surface area contributed by atoms with Crippen LogP contribution in [0.1, 0.15) is 63.0 Å². The Kier molecular flexibility index (Phi) is 16.0. The van der Waals surface area contributed by atoms with Gasteiger partial charge in [0.1, 0.15) is 6.23 Å². The minimum Gasteiger partial charge on any atom is -0.372 e. The van der Waals surface area contributed by atoms with Crippen molar-refractivity contribution in [1.82, 2.24) is 26.7 Å². The van der Waals surface area contributed by atoms with Gasteiger partial charge < -0.3 is 15.3 Å². The number of amides is 2. The monoisotopic (exact) mass is 542 g/mol. The highest BCUT2D eigenvalue weighted by Gasteiger charge is 2.30. The number of aliphatic hydroxyl groups is 1. The van der Waals surface area contributed by atoms with E-state index in [9.17, 15) is 14.7 Å².